The topological polar surface area (TPSA) is 106 Å². The number of nitrogens with zero attached hydrogens (tertiary/aromatic N) is 3. The molecule has 2 aliphatic heterocycles. The number of aliphatic hydroxyl groups is 1. The number of hydrogen-bond acceptors (Lipinski definition) is 6. The molecular weight excluding hydrogens is 242 g/mol. The van der Waals surface area contributed by atoms with Crippen LogP contribution in [0.4, 0.5) is 0 Å². The maximum Gasteiger partial charge on any atom is 0.186 e. The molecule has 2 aliphatic rings. The summed E-state index contributed by atoms with van der Waals surface area (Å²) in [5.74, 6) is -0.767. The van der Waals surface area contributed by atoms with E-state index in [1.165, 1.54) is 0 Å². The minimum absolute atomic E-state index is 0.132. The standard InChI is InChI=1S/C10H17N3O5/c1-10(2)17-7-6(14)5-16-9(8(7)18-10)15-4-3-12-13-11/h6-9,14H,3-5H2,1-2H3/t6-,7?,8?,9-/m1/s1. The predicted octanol–water partition coefficient (Wildman–Crippen LogP) is 0.551. The Hall–Kier alpha value is -0.890. The van der Waals surface area contributed by atoms with Gasteiger partial charge in [0.25, 0.3) is 0 Å². The van der Waals surface area contributed by atoms with Crippen LogP contribution in [0.5, 0.6) is 0 Å². The molecule has 0 spiro atoms. The van der Waals surface area contributed by atoms with Crippen molar-refractivity contribution in [3.63, 3.8) is 0 Å². The van der Waals surface area contributed by atoms with Crippen LogP contribution in [0.25, 0.3) is 10.4 Å². The number of hydrogen-bond donors (Lipinski definition) is 1. The third kappa shape index (κ3) is 2.92. The van der Waals surface area contributed by atoms with E-state index < -0.39 is 30.4 Å². The minimum atomic E-state index is -0.767. The summed E-state index contributed by atoms with van der Waals surface area (Å²) in [7, 11) is 0. The van der Waals surface area contributed by atoms with Crippen molar-refractivity contribution in [1.82, 2.24) is 0 Å². The number of azide groups is 1. The second-order valence-corrected chi connectivity index (χ2v) is 4.66. The molecule has 0 aromatic rings. The van der Waals surface area contributed by atoms with Gasteiger partial charge in [-0.2, -0.15) is 0 Å². The first kappa shape index (κ1) is 13.5. The largest absolute Gasteiger partial charge is 0.388 e. The van der Waals surface area contributed by atoms with E-state index >= 15 is 0 Å². The second-order valence-electron chi connectivity index (χ2n) is 4.66. The molecule has 2 saturated heterocycles. The predicted molar refractivity (Wildman–Crippen MR) is 59.5 cm³/mol. The van der Waals surface area contributed by atoms with Gasteiger partial charge in [0.1, 0.15) is 18.3 Å². The van der Waals surface area contributed by atoms with Gasteiger partial charge in [-0.1, -0.05) is 5.11 Å². The quantitative estimate of drug-likeness (QED) is 0.343. The summed E-state index contributed by atoms with van der Waals surface area (Å²) in [6, 6.07) is 0. The van der Waals surface area contributed by atoms with Crippen molar-refractivity contribution in [3.05, 3.63) is 10.4 Å². The van der Waals surface area contributed by atoms with Crippen LogP contribution >= 0.6 is 0 Å². The Bertz CT molecular complexity index is 344. The Morgan fingerprint density at radius 2 is 2.17 bits per heavy atom. The summed E-state index contributed by atoms with van der Waals surface area (Å²) in [6.07, 6.45) is -2.28. The van der Waals surface area contributed by atoms with Crippen LogP contribution in [-0.2, 0) is 18.9 Å². The molecule has 2 unspecified atom stereocenters. The van der Waals surface area contributed by atoms with E-state index in [0.717, 1.165) is 0 Å². The van der Waals surface area contributed by atoms with Gasteiger partial charge in [0, 0.05) is 11.5 Å². The summed E-state index contributed by atoms with van der Waals surface area (Å²) in [6.45, 7) is 4.13. The lowest BCUT2D eigenvalue weighted by Gasteiger charge is -2.34. The summed E-state index contributed by atoms with van der Waals surface area (Å²) in [4.78, 5) is 2.63. The Morgan fingerprint density at radius 1 is 1.44 bits per heavy atom. The molecule has 0 radical (unpaired) electrons. The highest BCUT2D eigenvalue weighted by Gasteiger charge is 2.52. The summed E-state index contributed by atoms with van der Waals surface area (Å²) < 4.78 is 22.1. The van der Waals surface area contributed by atoms with E-state index in [-0.39, 0.29) is 19.8 Å². The first-order valence-corrected chi connectivity index (χ1v) is 5.81. The SMILES string of the molecule is CC1(C)OC2C(O1)[C@H](O)CO[C@H]2OCCN=[N+]=[N-]. The van der Waals surface area contributed by atoms with E-state index in [1.807, 2.05) is 0 Å². The molecule has 2 heterocycles. The van der Waals surface area contributed by atoms with Crippen molar-refractivity contribution < 1.29 is 24.1 Å². The number of aliphatic hydroxyl groups excluding tert-OH is 1. The van der Waals surface area contributed by atoms with Crippen molar-refractivity contribution in [1.29, 1.82) is 0 Å². The third-order valence-electron chi connectivity index (χ3n) is 2.78. The highest BCUT2D eigenvalue weighted by Crippen LogP contribution is 2.35. The molecule has 2 rings (SSSR count). The Labute approximate surface area is 104 Å². The van der Waals surface area contributed by atoms with Gasteiger partial charge in [-0.05, 0) is 19.4 Å². The number of ether oxygens (including phenoxy) is 4. The highest BCUT2D eigenvalue weighted by atomic mass is 16.8. The molecule has 0 aliphatic carbocycles. The molecule has 8 nitrogen and oxygen atoms in total. The van der Waals surface area contributed by atoms with Gasteiger partial charge in [0.05, 0.1) is 13.2 Å². The number of rotatable bonds is 4. The van der Waals surface area contributed by atoms with Crippen LogP contribution in [-0.4, -0.2) is 55.3 Å². The van der Waals surface area contributed by atoms with E-state index in [2.05, 4.69) is 10.0 Å². The monoisotopic (exact) mass is 259 g/mol. The van der Waals surface area contributed by atoms with Crippen LogP contribution < -0.4 is 0 Å². The lowest BCUT2D eigenvalue weighted by Crippen LogP contribution is -2.52. The number of fused-ring (bicyclic) bond motifs is 1. The zero-order valence-corrected chi connectivity index (χ0v) is 10.4. The molecule has 0 amide bonds. The summed E-state index contributed by atoms with van der Waals surface area (Å²) >= 11 is 0. The third-order valence-corrected chi connectivity index (χ3v) is 2.78. The van der Waals surface area contributed by atoms with Crippen molar-refractivity contribution in [2.24, 2.45) is 5.11 Å². The smallest absolute Gasteiger partial charge is 0.186 e. The fourth-order valence-electron chi connectivity index (χ4n) is 2.11. The molecule has 4 atom stereocenters. The summed E-state index contributed by atoms with van der Waals surface area (Å²) in [5.41, 5.74) is 8.15. The van der Waals surface area contributed by atoms with Crippen molar-refractivity contribution in [3.8, 4) is 0 Å². The van der Waals surface area contributed by atoms with Crippen molar-refractivity contribution in [2.75, 3.05) is 19.8 Å². The maximum absolute atomic E-state index is 9.79. The van der Waals surface area contributed by atoms with Crippen LogP contribution in [0.1, 0.15) is 13.8 Å². The fourth-order valence-corrected chi connectivity index (χ4v) is 2.11. The lowest BCUT2D eigenvalue weighted by molar-refractivity contribution is -0.246. The molecule has 1 N–H and O–H groups in total. The Morgan fingerprint density at radius 3 is 2.89 bits per heavy atom. The van der Waals surface area contributed by atoms with Gasteiger partial charge in [0.15, 0.2) is 12.1 Å². The minimum Gasteiger partial charge on any atom is -0.388 e. The van der Waals surface area contributed by atoms with Crippen LogP contribution in [0.15, 0.2) is 5.11 Å². The van der Waals surface area contributed by atoms with E-state index in [4.69, 9.17) is 24.5 Å². The van der Waals surface area contributed by atoms with Crippen LogP contribution in [0.3, 0.4) is 0 Å². The van der Waals surface area contributed by atoms with Crippen LogP contribution in [0, 0.1) is 0 Å². The van der Waals surface area contributed by atoms with Gasteiger partial charge in [-0.3, -0.25) is 0 Å². The Kier molecular flexibility index (Phi) is 4.06. The fraction of sp³-hybridized carbons (Fsp3) is 1.00. The van der Waals surface area contributed by atoms with Crippen molar-refractivity contribution >= 4 is 0 Å². The molecular formula is C10H17N3O5. The highest BCUT2D eigenvalue weighted by molar-refractivity contribution is 4.91. The average Bonchev–Trinajstić information content (AvgIpc) is 2.64. The molecule has 0 bridgehead atoms. The molecule has 0 aromatic heterocycles. The van der Waals surface area contributed by atoms with Gasteiger partial charge in [0.2, 0.25) is 0 Å². The Balaban J connectivity index is 1.93. The van der Waals surface area contributed by atoms with Gasteiger partial charge >= 0.3 is 0 Å². The zero-order valence-electron chi connectivity index (χ0n) is 10.4. The maximum atomic E-state index is 9.79. The second kappa shape index (κ2) is 5.40. The van der Waals surface area contributed by atoms with E-state index in [0.29, 0.717) is 0 Å². The molecule has 0 saturated carbocycles. The molecule has 8 heteroatoms. The summed E-state index contributed by atoms with van der Waals surface area (Å²) in [5, 5.41) is 13.2. The van der Waals surface area contributed by atoms with E-state index in [9.17, 15) is 5.11 Å². The van der Waals surface area contributed by atoms with Crippen molar-refractivity contribution in [2.45, 2.75) is 44.2 Å². The molecule has 2 fully saturated rings. The van der Waals surface area contributed by atoms with E-state index in [1.54, 1.807) is 13.8 Å². The van der Waals surface area contributed by atoms with Gasteiger partial charge < -0.3 is 24.1 Å². The van der Waals surface area contributed by atoms with Crippen LogP contribution in [0.2, 0.25) is 0 Å². The van der Waals surface area contributed by atoms with Gasteiger partial charge in [-0.15, -0.1) is 0 Å². The zero-order chi connectivity index (χ0) is 13.2. The lowest BCUT2D eigenvalue weighted by atomic mass is 10.1. The van der Waals surface area contributed by atoms with Gasteiger partial charge in [-0.25, -0.2) is 0 Å². The average molecular weight is 259 g/mol. The molecule has 0 aromatic carbocycles. The molecule has 18 heavy (non-hydrogen) atoms. The normalized spacial score (nSPS) is 37.9. The first-order valence-electron chi connectivity index (χ1n) is 5.81. The first-order chi connectivity index (χ1) is 8.53. The molecule has 102 valence electrons.